The van der Waals surface area contributed by atoms with Crippen molar-refractivity contribution in [2.24, 2.45) is 0 Å². The molecule has 2 N–H and O–H groups in total. The first-order chi connectivity index (χ1) is 14.5. The highest BCUT2D eigenvalue weighted by molar-refractivity contribution is 9.10. The highest BCUT2D eigenvalue weighted by Crippen LogP contribution is 2.44. The molecule has 0 unspecified atom stereocenters. The Morgan fingerprint density at radius 2 is 2.03 bits per heavy atom. The first-order valence-corrected chi connectivity index (χ1v) is 10.8. The lowest BCUT2D eigenvalue weighted by Gasteiger charge is -2.26. The van der Waals surface area contributed by atoms with Crippen molar-refractivity contribution in [3.05, 3.63) is 69.8 Å². The minimum Gasteiger partial charge on any atom is -0.507 e. The molecule has 6 nitrogen and oxygen atoms in total. The number of aromatic amines is 1. The molecule has 0 saturated carbocycles. The summed E-state index contributed by atoms with van der Waals surface area (Å²) in [6.07, 6.45) is 0.891. The van der Waals surface area contributed by atoms with Crippen LogP contribution in [0.25, 0.3) is 11.3 Å². The molecule has 0 spiro atoms. The van der Waals surface area contributed by atoms with Crippen molar-refractivity contribution in [2.75, 3.05) is 13.2 Å². The molecule has 0 bridgehead atoms. The molecule has 4 rings (SSSR count). The smallest absolute Gasteiger partial charge is 0.273 e. The molecule has 0 fully saturated rings. The minimum atomic E-state index is -0.294. The van der Waals surface area contributed by atoms with Gasteiger partial charge in [-0.15, -0.1) is 0 Å². The number of aromatic hydroxyl groups is 1. The molecule has 1 aliphatic rings. The third-order valence-electron chi connectivity index (χ3n) is 5.18. The number of aromatic nitrogens is 2. The molecule has 2 heterocycles. The van der Waals surface area contributed by atoms with Crippen LogP contribution in [0.5, 0.6) is 5.75 Å². The summed E-state index contributed by atoms with van der Waals surface area (Å²) < 4.78 is 6.61. The number of amides is 1. The van der Waals surface area contributed by atoms with Gasteiger partial charge in [0, 0.05) is 28.8 Å². The zero-order valence-corrected chi connectivity index (χ0v) is 18.5. The topological polar surface area (TPSA) is 78.5 Å². The number of phenolic OH excluding ortho intramolecular Hbond substituents is 1. The number of para-hydroxylation sites is 1. The van der Waals surface area contributed by atoms with Crippen molar-refractivity contribution < 1.29 is 14.6 Å². The van der Waals surface area contributed by atoms with Crippen LogP contribution >= 0.6 is 15.9 Å². The molecule has 1 amide bonds. The Kier molecular flexibility index (Phi) is 5.92. The average molecular weight is 470 g/mol. The molecule has 1 aromatic heterocycles. The van der Waals surface area contributed by atoms with Crippen molar-refractivity contribution in [1.29, 1.82) is 0 Å². The van der Waals surface area contributed by atoms with E-state index in [0.29, 0.717) is 30.1 Å². The largest absolute Gasteiger partial charge is 0.507 e. The number of hydrogen-bond acceptors (Lipinski definition) is 4. The van der Waals surface area contributed by atoms with Gasteiger partial charge in [-0.05, 0) is 50.1 Å². The lowest BCUT2D eigenvalue weighted by atomic mass is 9.95. The van der Waals surface area contributed by atoms with Crippen LogP contribution in [0.15, 0.2) is 53.0 Å². The van der Waals surface area contributed by atoms with Crippen LogP contribution in [-0.4, -0.2) is 45.4 Å². The van der Waals surface area contributed by atoms with Crippen molar-refractivity contribution in [3.8, 4) is 17.0 Å². The van der Waals surface area contributed by atoms with E-state index in [4.69, 9.17) is 4.74 Å². The fraction of sp³-hybridized carbons (Fsp3) is 0.304. The zero-order chi connectivity index (χ0) is 21.3. The highest BCUT2D eigenvalue weighted by Gasteiger charge is 2.42. The predicted molar refractivity (Wildman–Crippen MR) is 118 cm³/mol. The lowest BCUT2D eigenvalue weighted by Crippen LogP contribution is -2.31. The summed E-state index contributed by atoms with van der Waals surface area (Å²) in [5, 5.41) is 17.7. The predicted octanol–water partition coefficient (Wildman–Crippen LogP) is 4.91. The van der Waals surface area contributed by atoms with Crippen LogP contribution in [-0.2, 0) is 4.74 Å². The third-order valence-corrected chi connectivity index (χ3v) is 5.68. The Hall–Kier alpha value is -2.64. The molecular formula is C23H24BrN3O3. The fourth-order valence-corrected chi connectivity index (χ4v) is 4.30. The maximum absolute atomic E-state index is 13.3. The van der Waals surface area contributed by atoms with Crippen LogP contribution in [0.4, 0.5) is 0 Å². The van der Waals surface area contributed by atoms with E-state index in [9.17, 15) is 9.90 Å². The molecule has 1 atom stereocenters. The molecule has 30 heavy (non-hydrogen) atoms. The van der Waals surface area contributed by atoms with E-state index in [-0.39, 0.29) is 23.8 Å². The molecule has 2 aromatic carbocycles. The normalized spacial score (nSPS) is 15.8. The molecule has 3 aromatic rings. The van der Waals surface area contributed by atoms with E-state index in [1.54, 1.807) is 12.1 Å². The summed E-state index contributed by atoms with van der Waals surface area (Å²) in [4.78, 5) is 15.1. The number of rotatable bonds is 7. The number of nitrogens with zero attached hydrogens (tertiary/aromatic N) is 2. The second-order valence-electron chi connectivity index (χ2n) is 7.61. The molecule has 1 aliphatic heterocycles. The number of halogens is 1. The molecule has 0 saturated heterocycles. The minimum absolute atomic E-state index is 0.0892. The van der Waals surface area contributed by atoms with Gasteiger partial charge < -0.3 is 14.7 Å². The van der Waals surface area contributed by atoms with Gasteiger partial charge in [-0.3, -0.25) is 9.89 Å². The number of carbonyl (C=O) groups excluding carboxylic acids is 1. The second-order valence-corrected chi connectivity index (χ2v) is 8.52. The summed E-state index contributed by atoms with van der Waals surface area (Å²) in [6, 6.07) is 14.7. The van der Waals surface area contributed by atoms with Crippen molar-refractivity contribution in [2.45, 2.75) is 32.4 Å². The standard InChI is InChI=1S/C23H24BrN3O3/c1-14(2)30-12-6-11-27-22(15-7-5-8-16(24)13-15)19-20(25-26-21(19)23(27)29)17-9-3-4-10-18(17)28/h3-5,7-10,13-14,22,28H,6,11-12H2,1-2H3,(H,25,26)/t22-/m1/s1. The van der Waals surface area contributed by atoms with Crippen LogP contribution in [0.3, 0.4) is 0 Å². The molecule has 7 heteroatoms. The van der Waals surface area contributed by atoms with Gasteiger partial charge in [0.25, 0.3) is 5.91 Å². The van der Waals surface area contributed by atoms with Gasteiger partial charge in [0.05, 0.1) is 12.1 Å². The molecular weight excluding hydrogens is 446 g/mol. The fourth-order valence-electron chi connectivity index (χ4n) is 3.88. The van der Waals surface area contributed by atoms with Gasteiger partial charge in [-0.1, -0.05) is 40.2 Å². The van der Waals surface area contributed by atoms with E-state index < -0.39 is 0 Å². The SMILES string of the molecule is CC(C)OCCCN1C(=O)c2[nH]nc(-c3ccccc3O)c2[C@H]1c1cccc(Br)c1. The molecule has 0 aliphatic carbocycles. The summed E-state index contributed by atoms with van der Waals surface area (Å²) in [6.45, 7) is 5.15. The number of fused-ring (bicyclic) bond motifs is 1. The van der Waals surface area contributed by atoms with E-state index in [1.807, 2.05) is 55.1 Å². The van der Waals surface area contributed by atoms with Gasteiger partial charge >= 0.3 is 0 Å². The Morgan fingerprint density at radius 3 is 2.77 bits per heavy atom. The van der Waals surface area contributed by atoms with E-state index in [2.05, 4.69) is 26.1 Å². The number of phenols is 1. The highest BCUT2D eigenvalue weighted by atomic mass is 79.9. The Bertz CT molecular complexity index is 1060. The maximum Gasteiger partial charge on any atom is 0.273 e. The lowest BCUT2D eigenvalue weighted by molar-refractivity contribution is 0.0601. The van der Waals surface area contributed by atoms with Crippen molar-refractivity contribution >= 4 is 21.8 Å². The zero-order valence-electron chi connectivity index (χ0n) is 16.9. The van der Waals surface area contributed by atoms with Crippen LogP contribution in [0.1, 0.15) is 47.9 Å². The van der Waals surface area contributed by atoms with Crippen molar-refractivity contribution in [1.82, 2.24) is 15.1 Å². The van der Waals surface area contributed by atoms with Gasteiger partial charge in [-0.25, -0.2) is 0 Å². The summed E-state index contributed by atoms with van der Waals surface area (Å²) in [5.74, 6) is 0.0460. The van der Waals surface area contributed by atoms with Crippen LogP contribution in [0.2, 0.25) is 0 Å². The number of ether oxygens (including phenoxy) is 1. The van der Waals surface area contributed by atoms with Gasteiger partial charge in [0.2, 0.25) is 0 Å². The van der Waals surface area contributed by atoms with Gasteiger partial charge in [-0.2, -0.15) is 5.10 Å². The van der Waals surface area contributed by atoms with Crippen molar-refractivity contribution in [3.63, 3.8) is 0 Å². The average Bonchev–Trinajstić information content (AvgIpc) is 3.25. The van der Waals surface area contributed by atoms with E-state index >= 15 is 0 Å². The number of carbonyl (C=O) groups is 1. The quantitative estimate of drug-likeness (QED) is 0.482. The Labute approximate surface area is 184 Å². The van der Waals surface area contributed by atoms with Gasteiger partial charge in [0.1, 0.15) is 17.1 Å². The number of hydrogen-bond donors (Lipinski definition) is 2. The van der Waals surface area contributed by atoms with Gasteiger partial charge in [0.15, 0.2) is 0 Å². The first-order valence-electron chi connectivity index (χ1n) is 10.0. The van der Waals surface area contributed by atoms with E-state index in [1.165, 1.54) is 0 Å². The van der Waals surface area contributed by atoms with E-state index in [0.717, 1.165) is 22.0 Å². The molecule has 0 radical (unpaired) electrons. The summed E-state index contributed by atoms with van der Waals surface area (Å²) in [5.41, 5.74) is 3.46. The summed E-state index contributed by atoms with van der Waals surface area (Å²) >= 11 is 3.54. The Balaban J connectivity index is 1.76. The summed E-state index contributed by atoms with van der Waals surface area (Å²) in [7, 11) is 0. The number of nitrogens with one attached hydrogen (secondary N) is 1. The monoisotopic (exact) mass is 469 g/mol. The third kappa shape index (κ3) is 3.87. The first kappa shape index (κ1) is 20.6. The number of benzene rings is 2. The molecule has 156 valence electrons. The second kappa shape index (κ2) is 8.62. The number of H-pyrrole nitrogens is 1. The Morgan fingerprint density at radius 1 is 1.23 bits per heavy atom. The maximum atomic E-state index is 13.3. The van der Waals surface area contributed by atoms with Crippen LogP contribution < -0.4 is 0 Å². The van der Waals surface area contributed by atoms with Crippen LogP contribution in [0, 0.1) is 0 Å².